The number of hydrogen-bond donors (Lipinski definition) is 2. The van der Waals surface area contributed by atoms with Crippen molar-refractivity contribution in [2.75, 3.05) is 19.8 Å². The van der Waals surface area contributed by atoms with Crippen molar-refractivity contribution in [3.63, 3.8) is 0 Å². The van der Waals surface area contributed by atoms with Crippen molar-refractivity contribution < 1.29 is 14.3 Å². The number of ether oxygens (including phenoxy) is 2. The lowest BCUT2D eigenvalue weighted by Crippen LogP contribution is -2.39. The average Bonchev–Trinajstić information content (AvgIpc) is 2.95. The molecule has 1 atom stereocenters. The number of nitrogens with one attached hydrogen (secondary N) is 2. The Balaban J connectivity index is 1.55. The van der Waals surface area contributed by atoms with Gasteiger partial charge in [0.2, 0.25) is 5.56 Å². The van der Waals surface area contributed by atoms with Crippen LogP contribution in [0.3, 0.4) is 0 Å². The highest BCUT2D eigenvalue weighted by Gasteiger charge is 2.41. The van der Waals surface area contributed by atoms with Crippen LogP contribution < -0.4 is 10.9 Å². The van der Waals surface area contributed by atoms with Crippen LogP contribution in [0.15, 0.2) is 16.9 Å². The zero-order valence-corrected chi connectivity index (χ0v) is 14.2. The first-order chi connectivity index (χ1) is 11.6. The molecule has 0 bridgehead atoms. The van der Waals surface area contributed by atoms with Crippen molar-refractivity contribution in [1.82, 2.24) is 10.3 Å². The molecule has 2 aliphatic rings. The first kappa shape index (κ1) is 17.2. The van der Waals surface area contributed by atoms with Gasteiger partial charge in [0, 0.05) is 37.1 Å². The van der Waals surface area contributed by atoms with Crippen LogP contribution in [0, 0.1) is 0 Å². The second-order valence-corrected chi connectivity index (χ2v) is 6.79. The van der Waals surface area contributed by atoms with Gasteiger partial charge in [-0.15, -0.1) is 0 Å². The van der Waals surface area contributed by atoms with Crippen LogP contribution >= 0.6 is 0 Å². The highest BCUT2D eigenvalue weighted by molar-refractivity contribution is 5.94. The molecular formula is C18H26N2O4. The minimum absolute atomic E-state index is 0.0455. The number of carbonyl (C=O) groups excluding carboxylic acids is 1. The molecule has 0 saturated carbocycles. The van der Waals surface area contributed by atoms with Gasteiger partial charge in [0.25, 0.3) is 5.91 Å². The maximum atomic E-state index is 12.3. The smallest absolute Gasteiger partial charge is 0.251 e. The number of aromatic amines is 1. The number of rotatable bonds is 5. The Kier molecular flexibility index (Phi) is 5.36. The zero-order chi connectivity index (χ0) is 17.0. The van der Waals surface area contributed by atoms with Gasteiger partial charge in [-0.2, -0.15) is 0 Å². The number of amides is 1. The highest BCUT2D eigenvalue weighted by Crippen LogP contribution is 2.37. The maximum Gasteiger partial charge on any atom is 0.251 e. The summed E-state index contributed by atoms with van der Waals surface area (Å²) in [6, 6.07) is 3.11. The molecule has 2 aliphatic heterocycles. The lowest BCUT2D eigenvalue weighted by molar-refractivity contribution is -0.102. The standard InChI is InChI=1S/C18H26N2O4/c1-2-3-14-10-13(11-16(21)20-14)17(22)19-12-15-4-5-18(24-15)6-8-23-9-7-18/h10-11,15H,2-9,12H2,1H3,(H,19,22)(H,20,21). The minimum Gasteiger partial charge on any atom is -0.381 e. The zero-order valence-electron chi connectivity index (χ0n) is 14.2. The van der Waals surface area contributed by atoms with E-state index in [0.717, 1.165) is 57.4 Å². The van der Waals surface area contributed by atoms with E-state index in [1.807, 2.05) is 6.92 Å². The van der Waals surface area contributed by atoms with Gasteiger partial charge in [0.1, 0.15) is 0 Å². The molecule has 6 nitrogen and oxygen atoms in total. The Morgan fingerprint density at radius 3 is 2.88 bits per heavy atom. The molecule has 0 aromatic carbocycles. The van der Waals surface area contributed by atoms with Gasteiger partial charge in [-0.3, -0.25) is 9.59 Å². The third-order valence-electron chi connectivity index (χ3n) is 4.91. The number of aryl methyl sites for hydroxylation is 1. The maximum absolute atomic E-state index is 12.3. The summed E-state index contributed by atoms with van der Waals surface area (Å²) in [5, 5.41) is 2.91. The molecule has 6 heteroatoms. The molecule has 0 radical (unpaired) electrons. The van der Waals surface area contributed by atoms with Crippen LogP contribution in [-0.2, 0) is 15.9 Å². The number of carbonyl (C=O) groups is 1. The van der Waals surface area contributed by atoms with Crippen molar-refractivity contribution >= 4 is 5.91 Å². The summed E-state index contributed by atoms with van der Waals surface area (Å²) < 4.78 is 11.6. The van der Waals surface area contributed by atoms with E-state index in [1.54, 1.807) is 6.07 Å². The predicted octanol–water partition coefficient (Wildman–Crippen LogP) is 1.79. The monoisotopic (exact) mass is 334 g/mol. The first-order valence-corrected chi connectivity index (χ1v) is 8.87. The van der Waals surface area contributed by atoms with Crippen molar-refractivity contribution in [2.45, 2.75) is 57.2 Å². The lowest BCUT2D eigenvalue weighted by atomic mass is 9.91. The molecule has 24 heavy (non-hydrogen) atoms. The fourth-order valence-electron chi connectivity index (χ4n) is 3.60. The molecule has 1 aromatic heterocycles. The predicted molar refractivity (Wildman–Crippen MR) is 90.3 cm³/mol. The Bertz CT molecular complexity index is 634. The third kappa shape index (κ3) is 4.05. The van der Waals surface area contributed by atoms with Crippen molar-refractivity contribution in [3.05, 3.63) is 33.7 Å². The summed E-state index contributed by atoms with van der Waals surface area (Å²) in [6.45, 7) is 4.03. The fourth-order valence-corrected chi connectivity index (χ4v) is 3.60. The molecule has 1 aromatic rings. The number of pyridine rings is 1. The molecule has 3 rings (SSSR count). The van der Waals surface area contributed by atoms with Gasteiger partial charge < -0.3 is 19.8 Å². The topological polar surface area (TPSA) is 80.4 Å². The van der Waals surface area contributed by atoms with Crippen molar-refractivity contribution in [1.29, 1.82) is 0 Å². The molecule has 0 aliphatic carbocycles. The van der Waals surface area contributed by atoms with E-state index in [2.05, 4.69) is 10.3 Å². The van der Waals surface area contributed by atoms with Crippen molar-refractivity contribution in [3.8, 4) is 0 Å². The van der Waals surface area contributed by atoms with E-state index >= 15 is 0 Å². The van der Waals surface area contributed by atoms with E-state index in [4.69, 9.17) is 9.47 Å². The quantitative estimate of drug-likeness (QED) is 0.860. The third-order valence-corrected chi connectivity index (χ3v) is 4.91. The van der Waals surface area contributed by atoms with Crippen LogP contribution in [0.4, 0.5) is 0 Å². The highest BCUT2D eigenvalue weighted by atomic mass is 16.5. The Morgan fingerprint density at radius 2 is 2.12 bits per heavy atom. The summed E-state index contributed by atoms with van der Waals surface area (Å²) in [5.41, 5.74) is 0.935. The first-order valence-electron chi connectivity index (χ1n) is 8.87. The molecule has 2 fully saturated rings. The van der Waals surface area contributed by atoms with Gasteiger partial charge in [-0.25, -0.2) is 0 Å². The van der Waals surface area contributed by atoms with E-state index in [0.29, 0.717) is 12.1 Å². The summed E-state index contributed by atoms with van der Waals surface area (Å²) in [4.78, 5) is 26.8. The van der Waals surface area contributed by atoms with Gasteiger partial charge in [0.05, 0.1) is 11.7 Å². The van der Waals surface area contributed by atoms with Gasteiger partial charge in [0.15, 0.2) is 0 Å². The number of hydrogen-bond acceptors (Lipinski definition) is 4. The molecule has 1 unspecified atom stereocenters. The second kappa shape index (κ2) is 7.49. The van der Waals surface area contributed by atoms with Crippen molar-refractivity contribution in [2.24, 2.45) is 0 Å². The Morgan fingerprint density at radius 1 is 1.33 bits per heavy atom. The van der Waals surface area contributed by atoms with Gasteiger partial charge >= 0.3 is 0 Å². The molecular weight excluding hydrogens is 308 g/mol. The number of H-pyrrole nitrogens is 1. The molecule has 2 N–H and O–H groups in total. The Hall–Kier alpha value is -1.66. The van der Waals surface area contributed by atoms with Crippen LogP contribution in [-0.4, -0.2) is 42.4 Å². The summed E-state index contributed by atoms with van der Waals surface area (Å²) >= 11 is 0. The van der Waals surface area contributed by atoms with Crippen LogP contribution in [0.5, 0.6) is 0 Å². The largest absolute Gasteiger partial charge is 0.381 e. The summed E-state index contributed by atoms with van der Waals surface area (Å²) in [6.07, 6.45) is 5.58. The van der Waals surface area contributed by atoms with E-state index in [1.165, 1.54) is 6.07 Å². The molecule has 3 heterocycles. The van der Waals surface area contributed by atoms with E-state index in [9.17, 15) is 9.59 Å². The Labute approximate surface area is 141 Å². The van der Waals surface area contributed by atoms with Crippen LogP contribution in [0.2, 0.25) is 0 Å². The molecule has 1 amide bonds. The SMILES string of the molecule is CCCc1cc(C(=O)NCC2CCC3(CCOCC3)O2)cc(=O)[nH]1. The van der Waals surface area contributed by atoms with E-state index < -0.39 is 0 Å². The fraction of sp³-hybridized carbons (Fsp3) is 0.667. The second-order valence-electron chi connectivity index (χ2n) is 6.79. The molecule has 1 spiro atoms. The summed E-state index contributed by atoms with van der Waals surface area (Å²) in [7, 11) is 0. The van der Waals surface area contributed by atoms with Crippen LogP contribution in [0.1, 0.15) is 55.1 Å². The van der Waals surface area contributed by atoms with Crippen LogP contribution in [0.25, 0.3) is 0 Å². The normalized spacial score (nSPS) is 22.6. The molecule has 132 valence electrons. The minimum atomic E-state index is -0.232. The van der Waals surface area contributed by atoms with E-state index in [-0.39, 0.29) is 23.2 Å². The van der Waals surface area contributed by atoms with Gasteiger partial charge in [-0.1, -0.05) is 13.3 Å². The van der Waals surface area contributed by atoms with Gasteiger partial charge in [-0.05, 0) is 38.2 Å². The molecule has 2 saturated heterocycles. The lowest BCUT2D eigenvalue weighted by Gasteiger charge is -2.33. The summed E-state index contributed by atoms with van der Waals surface area (Å²) in [5.74, 6) is -0.213. The number of aromatic nitrogens is 1. The average molecular weight is 334 g/mol.